The van der Waals surface area contributed by atoms with Crippen molar-refractivity contribution < 1.29 is 24.5 Å². The molecule has 0 heterocycles. The van der Waals surface area contributed by atoms with Crippen LogP contribution in [0.4, 0.5) is 0 Å². The molecule has 0 saturated heterocycles. The summed E-state index contributed by atoms with van der Waals surface area (Å²) in [4.78, 5) is 12.6. The number of fused-ring (bicyclic) bond motifs is 5. The lowest BCUT2D eigenvalue weighted by Crippen LogP contribution is -2.66. The van der Waals surface area contributed by atoms with Gasteiger partial charge in [-0.2, -0.15) is 0 Å². The fraction of sp³-hybridized carbons (Fsp3) is 0.964. The molecular formula is C28H47NO5. The molecule has 12 atom stereocenters. The zero-order valence-corrected chi connectivity index (χ0v) is 21.7. The standard InChI is InChI=1S/C28H47NO5/c1-16-13-24(23(31)15-22(16)30)34-18-7-10-26(2)17(14-18)5-6-20-19(26)8-11-27(3)21(25(32)33-4)9-12-28(20,27)29/h16-24,30-31H,5-15,29H2,1-4H3/t16-,17-,18+,19+,20+,21-,22-,23-,24-,26+,27-,28+/m1/s1. The SMILES string of the molecule is COC(=O)[C@H]1CC[C@]2(N)[C@H]3CC[C@@H]4C[C@@H](O[C@@H]5C[C@@H](C)[C@H](O)C[C@H]5O)CC[C@]4(C)[C@H]3CC[C@]12C. The molecule has 5 aliphatic rings. The summed E-state index contributed by atoms with van der Waals surface area (Å²) in [5.74, 6) is 1.75. The first-order valence-corrected chi connectivity index (χ1v) is 13.9. The van der Waals surface area contributed by atoms with E-state index >= 15 is 0 Å². The third-order valence-electron chi connectivity index (χ3n) is 12.0. The van der Waals surface area contributed by atoms with Crippen molar-refractivity contribution in [2.24, 2.45) is 46.2 Å². The zero-order chi connectivity index (χ0) is 24.5. The van der Waals surface area contributed by atoms with Crippen LogP contribution in [0.2, 0.25) is 0 Å². The Morgan fingerprint density at radius 1 is 0.912 bits per heavy atom. The Balaban J connectivity index is 1.29. The minimum absolute atomic E-state index is 0.0686. The maximum absolute atomic E-state index is 12.6. The highest BCUT2D eigenvalue weighted by molar-refractivity contribution is 5.74. The number of hydrogen-bond acceptors (Lipinski definition) is 6. The molecule has 5 saturated carbocycles. The highest BCUT2D eigenvalue weighted by Crippen LogP contribution is 2.68. The van der Waals surface area contributed by atoms with Crippen LogP contribution in [-0.2, 0) is 14.3 Å². The molecular weight excluding hydrogens is 430 g/mol. The summed E-state index contributed by atoms with van der Waals surface area (Å²) in [6.45, 7) is 6.83. The minimum Gasteiger partial charge on any atom is -0.469 e. The normalized spacial score (nSPS) is 55.1. The maximum Gasteiger partial charge on any atom is 0.309 e. The largest absolute Gasteiger partial charge is 0.469 e. The van der Waals surface area contributed by atoms with Crippen LogP contribution in [0.25, 0.3) is 0 Å². The van der Waals surface area contributed by atoms with Crippen molar-refractivity contribution in [2.75, 3.05) is 7.11 Å². The van der Waals surface area contributed by atoms with Crippen LogP contribution < -0.4 is 5.73 Å². The first-order chi connectivity index (χ1) is 16.0. The van der Waals surface area contributed by atoms with Crippen molar-refractivity contribution >= 4 is 5.97 Å². The number of hydrogen-bond donors (Lipinski definition) is 3. The Morgan fingerprint density at radius 2 is 1.68 bits per heavy atom. The van der Waals surface area contributed by atoms with Gasteiger partial charge in [-0.3, -0.25) is 4.79 Å². The second kappa shape index (κ2) is 8.71. The summed E-state index contributed by atoms with van der Waals surface area (Å²) in [6.07, 6.45) is 9.77. The number of rotatable bonds is 3. The molecule has 0 unspecified atom stereocenters. The third kappa shape index (κ3) is 3.61. The van der Waals surface area contributed by atoms with Crippen LogP contribution in [0.5, 0.6) is 0 Å². The molecule has 0 aliphatic heterocycles. The van der Waals surface area contributed by atoms with Crippen molar-refractivity contribution in [2.45, 2.75) is 121 Å². The van der Waals surface area contributed by atoms with E-state index in [1.54, 1.807) is 0 Å². The zero-order valence-electron chi connectivity index (χ0n) is 21.7. The van der Waals surface area contributed by atoms with E-state index in [-0.39, 0.29) is 46.4 Å². The van der Waals surface area contributed by atoms with E-state index in [0.717, 1.165) is 57.8 Å². The van der Waals surface area contributed by atoms with Gasteiger partial charge in [0.15, 0.2) is 0 Å². The monoisotopic (exact) mass is 477 g/mol. The summed E-state index contributed by atoms with van der Waals surface area (Å²) in [5, 5.41) is 20.6. The van der Waals surface area contributed by atoms with Gasteiger partial charge in [0.2, 0.25) is 0 Å². The van der Waals surface area contributed by atoms with Crippen molar-refractivity contribution in [1.29, 1.82) is 0 Å². The van der Waals surface area contributed by atoms with E-state index < -0.39 is 12.2 Å². The summed E-state index contributed by atoms with van der Waals surface area (Å²) in [5.41, 5.74) is 7.16. The minimum atomic E-state index is -0.562. The van der Waals surface area contributed by atoms with Crippen LogP contribution in [0, 0.1) is 40.4 Å². The first-order valence-electron chi connectivity index (χ1n) is 13.9. The van der Waals surface area contributed by atoms with Crippen molar-refractivity contribution in [1.82, 2.24) is 0 Å². The van der Waals surface area contributed by atoms with Crippen LogP contribution in [0.15, 0.2) is 0 Å². The van der Waals surface area contributed by atoms with Gasteiger partial charge in [-0.25, -0.2) is 0 Å². The molecule has 0 bridgehead atoms. The van der Waals surface area contributed by atoms with Crippen LogP contribution in [0.3, 0.4) is 0 Å². The molecule has 0 amide bonds. The predicted molar refractivity (Wildman–Crippen MR) is 130 cm³/mol. The van der Waals surface area contributed by atoms with Crippen LogP contribution in [0.1, 0.15) is 91.4 Å². The summed E-state index contributed by atoms with van der Waals surface area (Å²) in [6, 6.07) is 0. The Bertz CT molecular complexity index is 791. The van der Waals surface area contributed by atoms with Gasteiger partial charge in [0.05, 0.1) is 37.4 Å². The number of ether oxygens (including phenoxy) is 2. The van der Waals surface area contributed by atoms with Crippen LogP contribution >= 0.6 is 0 Å². The molecule has 6 heteroatoms. The van der Waals surface area contributed by atoms with Gasteiger partial charge in [-0.1, -0.05) is 20.8 Å². The maximum atomic E-state index is 12.6. The summed E-state index contributed by atoms with van der Waals surface area (Å²) < 4.78 is 11.7. The highest BCUT2D eigenvalue weighted by Gasteiger charge is 2.67. The molecule has 194 valence electrons. The molecule has 4 N–H and O–H groups in total. The molecule has 34 heavy (non-hydrogen) atoms. The Morgan fingerprint density at radius 3 is 2.41 bits per heavy atom. The molecule has 0 aromatic carbocycles. The lowest BCUT2D eigenvalue weighted by molar-refractivity contribution is -0.175. The average Bonchev–Trinajstić information content (AvgIpc) is 3.08. The van der Waals surface area contributed by atoms with Crippen molar-refractivity contribution in [3.63, 3.8) is 0 Å². The molecule has 0 aromatic heterocycles. The number of aliphatic hydroxyl groups is 2. The predicted octanol–water partition coefficient (Wildman–Crippen LogP) is 3.81. The molecule has 6 nitrogen and oxygen atoms in total. The first kappa shape index (κ1) is 25.0. The molecule has 0 spiro atoms. The molecule has 5 rings (SSSR count). The van der Waals surface area contributed by atoms with Crippen LogP contribution in [-0.4, -0.2) is 53.2 Å². The number of nitrogens with two attached hydrogens (primary N) is 1. The second-order valence-electron chi connectivity index (χ2n) is 13.3. The number of carbonyl (C=O) groups excluding carboxylic acids is 1. The number of aliphatic hydroxyl groups excluding tert-OH is 2. The van der Waals surface area contributed by atoms with Gasteiger partial charge in [-0.05, 0) is 98.7 Å². The Hall–Kier alpha value is -0.690. The van der Waals surface area contributed by atoms with E-state index in [0.29, 0.717) is 24.2 Å². The lowest BCUT2D eigenvalue weighted by Gasteiger charge is -2.64. The topological polar surface area (TPSA) is 102 Å². The Labute approximate surface area is 205 Å². The van der Waals surface area contributed by atoms with Gasteiger partial charge in [-0.15, -0.1) is 0 Å². The molecule has 5 aliphatic carbocycles. The van der Waals surface area contributed by atoms with Gasteiger partial charge >= 0.3 is 5.97 Å². The van der Waals surface area contributed by atoms with Crippen molar-refractivity contribution in [3.8, 4) is 0 Å². The molecule has 0 aromatic rings. The van der Waals surface area contributed by atoms with Gasteiger partial charge in [0, 0.05) is 12.0 Å². The number of esters is 1. The van der Waals surface area contributed by atoms with E-state index in [1.807, 2.05) is 0 Å². The summed E-state index contributed by atoms with van der Waals surface area (Å²) in [7, 11) is 1.51. The van der Waals surface area contributed by atoms with E-state index in [4.69, 9.17) is 15.2 Å². The third-order valence-corrected chi connectivity index (χ3v) is 12.0. The quantitative estimate of drug-likeness (QED) is 0.535. The number of carbonyl (C=O) groups is 1. The fourth-order valence-corrected chi connectivity index (χ4v) is 9.64. The highest BCUT2D eigenvalue weighted by atomic mass is 16.5. The van der Waals surface area contributed by atoms with Gasteiger partial charge in [0.25, 0.3) is 0 Å². The molecule has 5 fully saturated rings. The van der Waals surface area contributed by atoms with E-state index in [2.05, 4.69) is 20.8 Å². The van der Waals surface area contributed by atoms with Gasteiger partial charge in [0.1, 0.15) is 0 Å². The van der Waals surface area contributed by atoms with E-state index in [1.165, 1.54) is 13.5 Å². The molecule has 0 radical (unpaired) electrons. The average molecular weight is 478 g/mol. The summed E-state index contributed by atoms with van der Waals surface area (Å²) >= 11 is 0. The van der Waals surface area contributed by atoms with Crippen molar-refractivity contribution in [3.05, 3.63) is 0 Å². The number of methoxy groups -OCH3 is 1. The smallest absolute Gasteiger partial charge is 0.309 e. The van der Waals surface area contributed by atoms with Gasteiger partial charge < -0.3 is 25.4 Å². The fourth-order valence-electron chi connectivity index (χ4n) is 9.64. The Kier molecular flexibility index (Phi) is 6.40. The second-order valence-corrected chi connectivity index (χ2v) is 13.3. The van der Waals surface area contributed by atoms with E-state index in [9.17, 15) is 15.0 Å². The lowest BCUT2D eigenvalue weighted by atomic mass is 9.42.